The Balaban J connectivity index is 1.40. The number of benzene rings is 2. The molecular weight excluding hydrogens is 314 g/mol. The molecule has 5 heteroatoms. The predicted molar refractivity (Wildman–Crippen MR) is 95.4 cm³/mol. The number of hydrogen-bond donors (Lipinski definition) is 0. The molecule has 0 aromatic heterocycles. The van der Waals surface area contributed by atoms with Gasteiger partial charge in [-0.3, -0.25) is 9.69 Å². The van der Waals surface area contributed by atoms with Crippen molar-refractivity contribution in [3.63, 3.8) is 0 Å². The number of carbonyl (C=O) groups excluding carboxylic acids is 1. The molecular formula is C20H21N3O2. The molecule has 0 N–H and O–H groups in total. The maximum absolute atomic E-state index is 12.4. The van der Waals surface area contributed by atoms with Crippen LogP contribution in [0.2, 0.25) is 0 Å². The molecule has 0 atom stereocenters. The molecule has 128 valence electrons. The zero-order valence-corrected chi connectivity index (χ0v) is 14.1. The standard InChI is InChI=1S/C20H21N3O2/c21-16-17-6-8-19(9-7-17)25-15-14-22-10-12-23(13-11-22)20(24)18-4-2-1-3-5-18/h1-9H,10-15H2. The lowest BCUT2D eigenvalue weighted by Gasteiger charge is -2.34. The van der Waals surface area contributed by atoms with Crippen molar-refractivity contribution >= 4 is 5.91 Å². The van der Waals surface area contributed by atoms with Gasteiger partial charge in [0.25, 0.3) is 5.91 Å². The van der Waals surface area contributed by atoms with Crippen molar-refractivity contribution in [3.8, 4) is 11.8 Å². The normalized spacial score (nSPS) is 14.8. The molecule has 1 amide bonds. The van der Waals surface area contributed by atoms with E-state index in [1.807, 2.05) is 47.4 Å². The predicted octanol–water partition coefficient (Wildman–Crippen LogP) is 2.40. The number of carbonyl (C=O) groups is 1. The van der Waals surface area contributed by atoms with Gasteiger partial charge in [0.15, 0.2) is 0 Å². The van der Waals surface area contributed by atoms with Crippen LogP contribution in [-0.2, 0) is 0 Å². The Kier molecular flexibility index (Phi) is 5.65. The highest BCUT2D eigenvalue weighted by atomic mass is 16.5. The molecule has 2 aromatic carbocycles. The summed E-state index contributed by atoms with van der Waals surface area (Å²) in [6.45, 7) is 4.62. The van der Waals surface area contributed by atoms with Crippen molar-refractivity contribution in [3.05, 3.63) is 65.7 Å². The zero-order valence-electron chi connectivity index (χ0n) is 14.1. The van der Waals surface area contributed by atoms with Gasteiger partial charge in [0.2, 0.25) is 0 Å². The van der Waals surface area contributed by atoms with Gasteiger partial charge in [-0.25, -0.2) is 0 Å². The minimum Gasteiger partial charge on any atom is -0.492 e. The number of amides is 1. The molecule has 0 spiro atoms. The van der Waals surface area contributed by atoms with Crippen LogP contribution in [-0.4, -0.2) is 55.0 Å². The van der Waals surface area contributed by atoms with Gasteiger partial charge in [-0.2, -0.15) is 5.26 Å². The SMILES string of the molecule is N#Cc1ccc(OCCN2CCN(C(=O)c3ccccc3)CC2)cc1. The van der Waals surface area contributed by atoms with E-state index in [0.29, 0.717) is 12.2 Å². The second kappa shape index (κ2) is 8.32. The number of nitriles is 1. The fraction of sp³-hybridized carbons (Fsp3) is 0.300. The molecule has 2 aromatic rings. The van der Waals surface area contributed by atoms with Crippen LogP contribution in [0.5, 0.6) is 5.75 Å². The summed E-state index contributed by atoms with van der Waals surface area (Å²) in [5.41, 5.74) is 1.38. The van der Waals surface area contributed by atoms with Gasteiger partial charge in [-0.1, -0.05) is 18.2 Å². The Morgan fingerprint density at radius 1 is 1.00 bits per heavy atom. The van der Waals surface area contributed by atoms with Crippen molar-refractivity contribution in [2.45, 2.75) is 0 Å². The van der Waals surface area contributed by atoms with E-state index in [4.69, 9.17) is 10.00 Å². The molecule has 1 aliphatic rings. The summed E-state index contributed by atoms with van der Waals surface area (Å²) in [6, 6.07) is 18.7. The maximum atomic E-state index is 12.4. The number of hydrogen-bond acceptors (Lipinski definition) is 4. The van der Waals surface area contributed by atoms with E-state index >= 15 is 0 Å². The van der Waals surface area contributed by atoms with Crippen molar-refractivity contribution < 1.29 is 9.53 Å². The van der Waals surface area contributed by atoms with Gasteiger partial charge >= 0.3 is 0 Å². The van der Waals surface area contributed by atoms with Gasteiger partial charge < -0.3 is 9.64 Å². The minimum atomic E-state index is 0.106. The highest BCUT2D eigenvalue weighted by molar-refractivity contribution is 5.94. The molecule has 1 fully saturated rings. The summed E-state index contributed by atoms with van der Waals surface area (Å²) in [5.74, 6) is 0.881. The van der Waals surface area contributed by atoms with Crippen LogP contribution >= 0.6 is 0 Å². The summed E-state index contributed by atoms with van der Waals surface area (Å²) in [7, 11) is 0. The third kappa shape index (κ3) is 4.59. The second-order valence-corrected chi connectivity index (χ2v) is 5.98. The van der Waals surface area contributed by atoms with E-state index in [1.54, 1.807) is 12.1 Å². The molecule has 3 rings (SSSR count). The van der Waals surface area contributed by atoms with E-state index in [2.05, 4.69) is 11.0 Å². The van der Waals surface area contributed by atoms with Crippen molar-refractivity contribution in [1.29, 1.82) is 5.26 Å². The van der Waals surface area contributed by atoms with Crippen LogP contribution in [0.15, 0.2) is 54.6 Å². The topological polar surface area (TPSA) is 56.6 Å². The van der Waals surface area contributed by atoms with Gasteiger partial charge in [-0.05, 0) is 36.4 Å². The second-order valence-electron chi connectivity index (χ2n) is 5.98. The smallest absolute Gasteiger partial charge is 0.253 e. The molecule has 1 aliphatic heterocycles. The molecule has 1 saturated heterocycles. The molecule has 0 unspecified atom stereocenters. The highest BCUT2D eigenvalue weighted by Crippen LogP contribution is 2.12. The number of ether oxygens (including phenoxy) is 1. The van der Waals surface area contributed by atoms with Gasteiger partial charge in [0.1, 0.15) is 12.4 Å². The number of rotatable bonds is 5. The average Bonchev–Trinajstić information content (AvgIpc) is 2.69. The lowest BCUT2D eigenvalue weighted by Crippen LogP contribution is -2.49. The Bertz CT molecular complexity index is 730. The fourth-order valence-corrected chi connectivity index (χ4v) is 2.86. The minimum absolute atomic E-state index is 0.106. The first-order chi connectivity index (χ1) is 12.3. The van der Waals surface area contributed by atoms with Gasteiger partial charge in [0.05, 0.1) is 11.6 Å². The van der Waals surface area contributed by atoms with Crippen LogP contribution in [0.4, 0.5) is 0 Å². The summed E-state index contributed by atoms with van der Waals surface area (Å²) >= 11 is 0. The molecule has 0 radical (unpaired) electrons. The Morgan fingerprint density at radius 3 is 2.32 bits per heavy atom. The van der Waals surface area contributed by atoms with Gasteiger partial charge in [0, 0.05) is 38.3 Å². The van der Waals surface area contributed by atoms with Crippen molar-refractivity contribution in [2.75, 3.05) is 39.3 Å². The van der Waals surface area contributed by atoms with E-state index in [-0.39, 0.29) is 5.91 Å². The maximum Gasteiger partial charge on any atom is 0.253 e. The first-order valence-corrected chi connectivity index (χ1v) is 8.46. The van der Waals surface area contributed by atoms with Crippen LogP contribution < -0.4 is 4.74 Å². The third-order valence-electron chi connectivity index (χ3n) is 4.34. The van der Waals surface area contributed by atoms with E-state index < -0.39 is 0 Å². The average molecular weight is 335 g/mol. The first kappa shape index (κ1) is 17.0. The van der Waals surface area contributed by atoms with Crippen LogP contribution in [0.1, 0.15) is 15.9 Å². The van der Waals surface area contributed by atoms with E-state index in [9.17, 15) is 4.79 Å². The highest BCUT2D eigenvalue weighted by Gasteiger charge is 2.21. The van der Waals surface area contributed by atoms with Crippen LogP contribution in [0.25, 0.3) is 0 Å². The zero-order chi connectivity index (χ0) is 17.5. The Hall–Kier alpha value is -2.84. The molecule has 5 nitrogen and oxygen atoms in total. The van der Waals surface area contributed by atoms with Crippen LogP contribution in [0.3, 0.4) is 0 Å². The summed E-state index contributed by atoms with van der Waals surface area (Å²) in [4.78, 5) is 16.6. The number of nitrogens with zero attached hydrogens (tertiary/aromatic N) is 3. The van der Waals surface area contributed by atoms with Gasteiger partial charge in [-0.15, -0.1) is 0 Å². The van der Waals surface area contributed by atoms with E-state index in [1.165, 1.54) is 0 Å². The molecule has 0 bridgehead atoms. The molecule has 0 aliphatic carbocycles. The molecule has 0 saturated carbocycles. The van der Waals surface area contributed by atoms with Crippen molar-refractivity contribution in [2.24, 2.45) is 0 Å². The Labute approximate surface area is 148 Å². The summed E-state index contributed by atoms with van der Waals surface area (Å²) in [5, 5.41) is 8.78. The lowest BCUT2D eigenvalue weighted by atomic mass is 10.2. The lowest BCUT2D eigenvalue weighted by molar-refractivity contribution is 0.0620. The first-order valence-electron chi connectivity index (χ1n) is 8.46. The quantitative estimate of drug-likeness (QED) is 0.842. The van der Waals surface area contributed by atoms with Crippen LogP contribution in [0, 0.1) is 11.3 Å². The Morgan fingerprint density at radius 2 is 1.68 bits per heavy atom. The molecule has 25 heavy (non-hydrogen) atoms. The number of piperazine rings is 1. The molecule has 1 heterocycles. The summed E-state index contributed by atoms with van der Waals surface area (Å²) < 4.78 is 5.72. The van der Waals surface area contributed by atoms with Crippen molar-refractivity contribution in [1.82, 2.24) is 9.80 Å². The van der Waals surface area contributed by atoms with E-state index in [0.717, 1.165) is 44.0 Å². The fourth-order valence-electron chi connectivity index (χ4n) is 2.86. The summed E-state index contributed by atoms with van der Waals surface area (Å²) in [6.07, 6.45) is 0. The largest absolute Gasteiger partial charge is 0.492 e. The monoisotopic (exact) mass is 335 g/mol. The third-order valence-corrected chi connectivity index (χ3v) is 4.34.